The molecular formula is C21H20F3N3O4. The third-order valence-corrected chi connectivity index (χ3v) is 4.80. The zero-order valence-electron chi connectivity index (χ0n) is 16.7. The minimum atomic E-state index is -4.54. The van der Waals surface area contributed by atoms with Gasteiger partial charge in [-0.1, -0.05) is 23.4 Å². The summed E-state index contributed by atoms with van der Waals surface area (Å²) < 4.78 is 39.4. The molecule has 2 aromatic rings. The normalized spacial score (nSPS) is 16.2. The number of aryl methyl sites for hydroxylation is 1. The molecule has 1 aromatic heterocycles. The standard InChI is InChI=1S/C21H20F3N3O4/c1-11-4-3-5-14(18(20(29)30)27-31-2)16(11)19(28)26-17(12-6-7-12)15-10-13(8-9-25-15)21(22,23)24/h3-5,8-10,12,19,28H,6-7H2,1-2H3,(H,29,30)/b26-17?,27-18+. The van der Waals surface area contributed by atoms with E-state index in [1.165, 1.54) is 13.2 Å². The summed E-state index contributed by atoms with van der Waals surface area (Å²) in [4.78, 5) is 24.5. The highest BCUT2D eigenvalue weighted by molar-refractivity contribution is 6.42. The SMILES string of the molecule is CO/N=C(/C(=O)O)c1cccc(C)c1C(O)N=C(c1cc(C(F)(F)F)ccn1)C1CC1. The first-order valence-electron chi connectivity index (χ1n) is 9.37. The largest absolute Gasteiger partial charge is 0.476 e. The quantitative estimate of drug-likeness (QED) is 0.509. The van der Waals surface area contributed by atoms with Gasteiger partial charge in [0.15, 0.2) is 11.9 Å². The van der Waals surface area contributed by atoms with Crippen LogP contribution < -0.4 is 0 Å². The molecule has 0 radical (unpaired) electrons. The number of aliphatic imine (C=N–C) groups is 1. The Labute approximate surface area is 175 Å². The van der Waals surface area contributed by atoms with E-state index < -0.39 is 29.6 Å². The number of nitrogens with zero attached hydrogens (tertiary/aromatic N) is 3. The van der Waals surface area contributed by atoms with Gasteiger partial charge in [0.2, 0.25) is 0 Å². The van der Waals surface area contributed by atoms with Crippen LogP contribution in [0.25, 0.3) is 0 Å². The number of carbonyl (C=O) groups is 1. The van der Waals surface area contributed by atoms with Crippen molar-refractivity contribution in [2.24, 2.45) is 16.1 Å². The molecule has 1 aliphatic carbocycles. The highest BCUT2D eigenvalue weighted by Crippen LogP contribution is 2.36. The van der Waals surface area contributed by atoms with Crippen molar-refractivity contribution in [1.82, 2.24) is 4.98 Å². The van der Waals surface area contributed by atoms with E-state index in [1.54, 1.807) is 19.1 Å². The van der Waals surface area contributed by atoms with Crippen molar-refractivity contribution >= 4 is 17.4 Å². The molecule has 1 aliphatic rings. The van der Waals surface area contributed by atoms with E-state index in [1.807, 2.05) is 0 Å². The third-order valence-electron chi connectivity index (χ3n) is 4.80. The summed E-state index contributed by atoms with van der Waals surface area (Å²) in [6.07, 6.45) is -3.62. The first kappa shape index (κ1) is 22.4. The highest BCUT2D eigenvalue weighted by Gasteiger charge is 2.34. The fourth-order valence-electron chi connectivity index (χ4n) is 3.21. The fourth-order valence-corrected chi connectivity index (χ4v) is 3.21. The lowest BCUT2D eigenvalue weighted by Crippen LogP contribution is -2.19. The van der Waals surface area contributed by atoms with Gasteiger partial charge in [0.05, 0.1) is 17.0 Å². The maximum absolute atomic E-state index is 13.1. The minimum Gasteiger partial charge on any atom is -0.476 e. The zero-order chi connectivity index (χ0) is 22.8. The van der Waals surface area contributed by atoms with Crippen LogP contribution in [0.1, 0.15) is 47.0 Å². The summed E-state index contributed by atoms with van der Waals surface area (Å²) >= 11 is 0. The number of aliphatic hydroxyl groups excluding tert-OH is 1. The van der Waals surface area contributed by atoms with Gasteiger partial charge in [-0.3, -0.25) is 9.98 Å². The summed E-state index contributed by atoms with van der Waals surface area (Å²) in [5.41, 5.74) is -0.226. The number of rotatable bonds is 7. The van der Waals surface area contributed by atoms with E-state index in [4.69, 9.17) is 0 Å². The summed E-state index contributed by atoms with van der Waals surface area (Å²) in [5, 5.41) is 23.9. The van der Waals surface area contributed by atoms with Gasteiger partial charge in [-0.05, 0) is 37.5 Å². The van der Waals surface area contributed by atoms with E-state index in [0.29, 0.717) is 18.4 Å². The molecule has 3 rings (SSSR count). The highest BCUT2D eigenvalue weighted by atomic mass is 19.4. The van der Waals surface area contributed by atoms with Crippen LogP contribution in [0.4, 0.5) is 13.2 Å². The Balaban J connectivity index is 2.09. The Kier molecular flexibility index (Phi) is 6.40. The summed E-state index contributed by atoms with van der Waals surface area (Å²) in [6.45, 7) is 1.66. The second-order valence-electron chi connectivity index (χ2n) is 7.05. The number of hydrogen-bond donors (Lipinski definition) is 2. The Hall–Kier alpha value is -3.27. The molecule has 0 spiro atoms. The Bertz CT molecular complexity index is 1050. The van der Waals surface area contributed by atoms with Crippen LogP contribution in [-0.4, -0.2) is 39.7 Å². The van der Waals surface area contributed by atoms with Crippen molar-refractivity contribution in [2.75, 3.05) is 7.11 Å². The van der Waals surface area contributed by atoms with Gasteiger partial charge in [-0.15, -0.1) is 0 Å². The number of aliphatic hydroxyl groups is 1. The van der Waals surface area contributed by atoms with Gasteiger partial charge >= 0.3 is 12.1 Å². The number of halogens is 3. The van der Waals surface area contributed by atoms with E-state index >= 15 is 0 Å². The lowest BCUT2D eigenvalue weighted by molar-refractivity contribution is -0.137. The summed E-state index contributed by atoms with van der Waals surface area (Å²) in [7, 11) is 1.19. The molecule has 2 N–H and O–H groups in total. The van der Waals surface area contributed by atoms with Crippen LogP contribution in [0, 0.1) is 12.8 Å². The molecule has 1 unspecified atom stereocenters. The number of carboxylic acid groups (broad SMARTS) is 1. The second-order valence-corrected chi connectivity index (χ2v) is 7.05. The van der Waals surface area contributed by atoms with E-state index in [2.05, 4.69) is 20.0 Å². The molecule has 0 aliphatic heterocycles. The number of aromatic nitrogens is 1. The number of hydrogen-bond acceptors (Lipinski definition) is 6. The number of aliphatic carboxylic acids is 1. The molecule has 7 nitrogen and oxygen atoms in total. The third kappa shape index (κ3) is 5.08. The molecule has 31 heavy (non-hydrogen) atoms. The van der Waals surface area contributed by atoms with Crippen molar-refractivity contribution in [2.45, 2.75) is 32.2 Å². The van der Waals surface area contributed by atoms with Crippen LogP contribution >= 0.6 is 0 Å². The van der Waals surface area contributed by atoms with Gasteiger partial charge in [-0.2, -0.15) is 13.2 Å². The van der Waals surface area contributed by atoms with Crippen LogP contribution in [0.2, 0.25) is 0 Å². The van der Waals surface area contributed by atoms with Crippen molar-refractivity contribution < 1.29 is 33.0 Å². The predicted molar refractivity (Wildman–Crippen MR) is 106 cm³/mol. The monoisotopic (exact) mass is 435 g/mol. The van der Waals surface area contributed by atoms with Crippen molar-refractivity contribution in [3.8, 4) is 0 Å². The molecule has 1 saturated carbocycles. The first-order valence-corrected chi connectivity index (χ1v) is 9.37. The van der Waals surface area contributed by atoms with E-state index in [9.17, 15) is 28.2 Å². The lowest BCUT2D eigenvalue weighted by Gasteiger charge is -2.17. The molecule has 1 heterocycles. The number of benzene rings is 1. The smallest absolute Gasteiger partial charge is 0.416 e. The van der Waals surface area contributed by atoms with Gasteiger partial charge < -0.3 is 15.1 Å². The van der Waals surface area contributed by atoms with Gasteiger partial charge in [0.25, 0.3) is 0 Å². The molecule has 10 heteroatoms. The van der Waals surface area contributed by atoms with Crippen molar-refractivity contribution in [3.05, 3.63) is 64.5 Å². The number of alkyl halides is 3. The van der Waals surface area contributed by atoms with Crippen molar-refractivity contribution in [3.63, 3.8) is 0 Å². The van der Waals surface area contributed by atoms with E-state index in [0.717, 1.165) is 18.3 Å². The first-order chi connectivity index (χ1) is 14.6. The topological polar surface area (TPSA) is 104 Å². The molecule has 164 valence electrons. The molecule has 1 aromatic carbocycles. The molecular weight excluding hydrogens is 415 g/mol. The van der Waals surface area contributed by atoms with Crippen LogP contribution in [0.3, 0.4) is 0 Å². The predicted octanol–water partition coefficient (Wildman–Crippen LogP) is 3.73. The van der Waals surface area contributed by atoms with Gasteiger partial charge in [0, 0.05) is 23.2 Å². The van der Waals surface area contributed by atoms with Crippen molar-refractivity contribution in [1.29, 1.82) is 0 Å². The average Bonchev–Trinajstić information content (AvgIpc) is 3.54. The maximum Gasteiger partial charge on any atom is 0.416 e. The Morgan fingerprint density at radius 3 is 2.58 bits per heavy atom. The van der Waals surface area contributed by atoms with E-state index in [-0.39, 0.29) is 28.5 Å². The van der Waals surface area contributed by atoms with Gasteiger partial charge in [0.1, 0.15) is 7.11 Å². The van der Waals surface area contributed by atoms with Crippen LogP contribution in [0.5, 0.6) is 0 Å². The second kappa shape index (κ2) is 8.84. The molecule has 0 amide bonds. The van der Waals surface area contributed by atoms with Crippen LogP contribution in [0.15, 0.2) is 46.7 Å². The molecule has 0 saturated heterocycles. The summed E-state index contributed by atoms with van der Waals surface area (Å²) in [6, 6.07) is 6.46. The zero-order valence-corrected chi connectivity index (χ0v) is 16.7. The van der Waals surface area contributed by atoms with Gasteiger partial charge in [-0.25, -0.2) is 4.79 Å². The number of oxime groups is 1. The molecule has 0 bridgehead atoms. The Morgan fingerprint density at radius 2 is 2.00 bits per heavy atom. The minimum absolute atomic E-state index is 0.0236. The fraction of sp³-hybridized carbons (Fsp3) is 0.333. The molecule has 1 atom stereocenters. The van der Waals surface area contributed by atoms with Crippen LogP contribution in [-0.2, 0) is 15.8 Å². The number of pyridine rings is 1. The maximum atomic E-state index is 13.1. The average molecular weight is 435 g/mol. The lowest BCUT2D eigenvalue weighted by atomic mass is 9.96. The Morgan fingerprint density at radius 1 is 1.29 bits per heavy atom. The molecule has 1 fully saturated rings. The number of carboxylic acids is 1. The summed E-state index contributed by atoms with van der Waals surface area (Å²) in [5.74, 6) is -1.50.